The normalized spacial score (nSPS) is 13.6. The average molecular weight is 998 g/mol. The van der Waals surface area contributed by atoms with Crippen molar-refractivity contribution in [1.29, 1.82) is 10.5 Å². The molecular weight excluding hydrogens is 951 g/mol. The van der Waals surface area contributed by atoms with Crippen molar-refractivity contribution in [1.82, 2.24) is 24.1 Å². The average Bonchev–Trinajstić information content (AvgIpc) is 4.27. The first-order valence-corrected chi connectivity index (χ1v) is 26.5. The highest BCUT2D eigenvalue weighted by molar-refractivity contribution is 6.16. The highest BCUT2D eigenvalue weighted by Crippen LogP contribution is 2.55. The van der Waals surface area contributed by atoms with E-state index in [9.17, 15) is 10.5 Å². The lowest BCUT2D eigenvalue weighted by Crippen LogP contribution is -2.15. The number of nitrogens with zero attached hydrogens (tertiary/aromatic N) is 7. The van der Waals surface area contributed by atoms with Crippen LogP contribution in [-0.2, 0) is 10.8 Å². The summed E-state index contributed by atoms with van der Waals surface area (Å²) < 4.78 is 4.63. The van der Waals surface area contributed by atoms with Gasteiger partial charge in [0.1, 0.15) is 6.07 Å². The SMILES string of the molecule is CC1(C)c2ccccc2-c2ccc3c(c21)c1ccccc1n3-c1cc(-c2nc(-c3ccccc3)nc(-c3ccc(-c4cccc(C#N)c4)c(-n4c5ccccc5c5c6c(ccc54)-c4ccccc4C6(C)C)c3)n2)ccc1C#N. The summed E-state index contributed by atoms with van der Waals surface area (Å²) in [5.41, 5.74) is 21.0. The van der Waals surface area contributed by atoms with Gasteiger partial charge in [0, 0.05) is 54.6 Å². The third-order valence-corrected chi connectivity index (χ3v) is 16.8. The van der Waals surface area contributed by atoms with Gasteiger partial charge in [0.15, 0.2) is 17.5 Å². The fourth-order valence-corrected chi connectivity index (χ4v) is 13.3. The monoisotopic (exact) mass is 997 g/mol. The molecule has 0 spiro atoms. The molecule has 0 saturated heterocycles. The zero-order valence-electron chi connectivity index (χ0n) is 43.3. The lowest BCUT2D eigenvalue weighted by molar-refractivity contribution is 0.666. The van der Waals surface area contributed by atoms with E-state index < -0.39 is 0 Å². The van der Waals surface area contributed by atoms with E-state index in [1.165, 1.54) is 60.7 Å². The maximum absolute atomic E-state index is 10.9. The molecule has 0 fully saturated rings. The Balaban J connectivity index is 0.959. The predicted molar refractivity (Wildman–Crippen MR) is 315 cm³/mol. The minimum Gasteiger partial charge on any atom is -0.309 e. The third-order valence-electron chi connectivity index (χ3n) is 16.8. The number of para-hydroxylation sites is 2. The van der Waals surface area contributed by atoms with Crippen LogP contribution in [0.1, 0.15) is 61.1 Å². The van der Waals surface area contributed by atoms with E-state index in [2.05, 4.69) is 201 Å². The first-order valence-electron chi connectivity index (χ1n) is 26.5. The van der Waals surface area contributed by atoms with Crippen molar-refractivity contribution in [3.63, 3.8) is 0 Å². The zero-order chi connectivity index (χ0) is 52.6. The maximum Gasteiger partial charge on any atom is 0.164 e. The number of hydrogen-bond acceptors (Lipinski definition) is 5. The summed E-state index contributed by atoms with van der Waals surface area (Å²) in [6, 6.07) is 79.0. The molecule has 0 bridgehead atoms. The van der Waals surface area contributed by atoms with Crippen molar-refractivity contribution >= 4 is 43.6 Å². The standard InChI is InChI=1S/C71H47N7/c1-70(2)55-25-12-8-21-49(55)51-33-35-59-63(65(51)70)53-23-10-14-27-57(53)77(59)61-38-45(29-30-47(61)41-73)68-74-67(43-18-6-5-7-19-43)75-69(76-68)46-31-32-48(44-20-16-17-42(37-44)40-72)62(39-46)78-58-28-15-11-24-54(58)64-60(78)36-34-52-50-22-9-13-26-56(50)71(3,4)66(52)64/h5-39H,1-4H3. The summed E-state index contributed by atoms with van der Waals surface area (Å²) in [4.78, 5) is 15.9. The first-order chi connectivity index (χ1) is 38.1. The van der Waals surface area contributed by atoms with E-state index in [0.29, 0.717) is 28.6 Å². The number of aromatic nitrogens is 5. The van der Waals surface area contributed by atoms with Gasteiger partial charge in [-0.15, -0.1) is 0 Å². The molecular formula is C71H47N7. The Kier molecular flexibility index (Phi) is 9.65. The molecule has 0 atom stereocenters. The van der Waals surface area contributed by atoms with Crippen molar-refractivity contribution in [3.8, 4) is 91.1 Å². The Labute approximate surface area is 451 Å². The molecule has 0 unspecified atom stereocenters. The molecule has 7 nitrogen and oxygen atoms in total. The molecule has 15 rings (SSSR count). The van der Waals surface area contributed by atoms with Gasteiger partial charge in [-0.05, 0) is 111 Å². The molecule has 13 aromatic rings. The molecule has 2 aliphatic rings. The molecule has 0 aliphatic heterocycles. The van der Waals surface area contributed by atoms with Crippen LogP contribution in [0.5, 0.6) is 0 Å². The van der Waals surface area contributed by atoms with Gasteiger partial charge in [-0.3, -0.25) is 0 Å². The fourth-order valence-electron chi connectivity index (χ4n) is 13.3. The molecule has 10 aromatic carbocycles. The molecule has 0 saturated carbocycles. The van der Waals surface area contributed by atoms with Crippen molar-refractivity contribution in [2.75, 3.05) is 0 Å². The predicted octanol–water partition coefficient (Wildman–Crippen LogP) is 17.1. The van der Waals surface area contributed by atoms with Gasteiger partial charge in [0.2, 0.25) is 0 Å². The van der Waals surface area contributed by atoms with Gasteiger partial charge in [-0.2, -0.15) is 10.5 Å². The van der Waals surface area contributed by atoms with Gasteiger partial charge in [0.05, 0.1) is 50.6 Å². The summed E-state index contributed by atoms with van der Waals surface area (Å²) >= 11 is 0. The van der Waals surface area contributed by atoms with E-state index in [4.69, 9.17) is 15.0 Å². The van der Waals surface area contributed by atoms with Gasteiger partial charge >= 0.3 is 0 Å². The van der Waals surface area contributed by atoms with Crippen molar-refractivity contribution in [2.24, 2.45) is 0 Å². The summed E-state index contributed by atoms with van der Waals surface area (Å²) in [7, 11) is 0. The van der Waals surface area contributed by atoms with Gasteiger partial charge in [-0.1, -0.05) is 179 Å². The van der Waals surface area contributed by atoms with Crippen LogP contribution in [-0.4, -0.2) is 24.1 Å². The van der Waals surface area contributed by atoms with Crippen LogP contribution in [0.3, 0.4) is 0 Å². The number of nitriles is 2. The molecule has 0 N–H and O–H groups in total. The van der Waals surface area contributed by atoms with Crippen LogP contribution in [0.15, 0.2) is 212 Å². The van der Waals surface area contributed by atoms with E-state index >= 15 is 0 Å². The summed E-state index contributed by atoms with van der Waals surface area (Å²) in [5, 5.41) is 25.8. The largest absolute Gasteiger partial charge is 0.309 e. The number of fused-ring (bicyclic) bond motifs is 14. The van der Waals surface area contributed by atoms with Crippen molar-refractivity contribution in [3.05, 3.63) is 246 Å². The highest BCUT2D eigenvalue weighted by Gasteiger charge is 2.40. The number of hydrogen-bond donors (Lipinski definition) is 0. The molecule has 3 heterocycles. The summed E-state index contributed by atoms with van der Waals surface area (Å²) in [6.45, 7) is 9.33. The smallest absolute Gasteiger partial charge is 0.164 e. The second-order valence-electron chi connectivity index (χ2n) is 21.8. The van der Waals surface area contributed by atoms with E-state index in [0.717, 1.165) is 66.6 Å². The molecule has 3 aromatic heterocycles. The van der Waals surface area contributed by atoms with Crippen molar-refractivity contribution < 1.29 is 0 Å². The quantitative estimate of drug-likeness (QED) is 0.165. The van der Waals surface area contributed by atoms with Crippen molar-refractivity contribution in [2.45, 2.75) is 38.5 Å². The topological polar surface area (TPSA) is 96.1 Å². The second kappa shape index (κ2) is 16.6. The molecule has 2 aliphatic carbocycles. The lowest BCUT2D eigenvalue weighted by Gasteiger charge is -2.22. The minimum atomic E-state index is -0.252. The molecule has 7 heteroatoms. The van der Waals surface area contributed by atoms with Gasteiger partial charge in [-0.25, -0.2) is 15.0 Å². The van der Waals surface area contributed by atoms with Crippen LogP contribution in [0.25, 0.3) is 123 Å². The Morgan fingerprint density at radius 3 is 1.41 bits per heavy atom. The molecule has 78 heavy (non-hydrogen) atoms. The number of benzene rings is 10. The highest BCUT2D eigenvalue weighted by atomic mass is 15.0. The van der Waals surface area contributed by atoms with E-state index in [-0.39, 0.29) is 10.8 Å². The summed E-state index contributed by atoms with van der Waals surface area (Å²) in [5.74, 6) is 1.50. The third kappa shape index (κ3) is 6.40. The van der Waals surface area contributed by atoms with Crippen LogP contribution < -0.4 is 0 Å². The molecule has 0 amide bonds. The van der Waals surface area contributed by atoms with Crippen LogP contribution >= 0.6 is 0 Å². The second-order valence-corrected chi connectivity index (χ2v) is 21.8. The van der Waals surface area contributed by atoms with Crippen LogP contribution in [0.4, 0.5) is 0 Å². The maximum atomic E-state index is 10.9. The Morgan fingerprint density at radius 1 is 0.359 bits per heavy atom. The Bertz CT molecular complexity index is 4820. The van der Waals surface area contributed by atoms with Gasteiger partial charge < -0.3 is 9.13 Å². The molecule has 0 radical (unpaired) electrons. The van der Waals surface area contributed by atoms with E-state index in [1.807, 2.05) is 60.7 Å². The number of rotatable bonds is 6. The Hall–Kier alpha value is -10.2. The minimum absolute atomic E-state index is 0.251. The zero-order valence-corrected chi connectivity index (χ0v) is 43.3. The molecule has 366 valence electrons. The van der Waals surface area contributed by atoms with Gasteiger partial charge in [0.25, 0.3) is 0 Å². The first kappa shape index (κ1) is 45.2. The summed E-state index contributed by atoms with van der Waals surface area (Å²) in [6.07, 6.45) is 0. The fraction of sp³-hybridized carbons (Fsp3) is 0.0845. The lowest BCUT2D eigenvalue weighted by atomic mass is 9.80. The van der Waals surface area contributed by atoms with Crippen LogP contribution in [0, 0.1) is 22.7 Å². The van der Waals surface area contributed by atoms with E-state index in [1.54, 1.807) is 0 Å². The van der Waals surface area contributed by atoms with Crippen LogP contribution in [0.2, 0.25) is 0 Å². The Morgan fingerprint density at radius 2 is 0.833 bits per heavy atom.